The summed E-state index contributed by atoms with van der Waals surface area (Å²) in [5, 5.41) is 4.88. The molecule has 0 saturated carbocycles. The topological polar surface area (TPSA) is 16.4 Å². The van der Waals surface area contributed by atoms with Crippen LogP contribution in [0, 0.1) is 0 Å². The van der Waals surface area contributed by atoms with E-state index in [0.717, 1.165) is 47.5 Å². The number of hydrogen-bond donors (Lipinski definition) is 0. The monoisotopic (exact) mass is 667 g/mol. The minimum atomic E-state index is 0.376. The van der Waals surface area contributed by atoms with Crippen LogP contribution in [0.1, 0.15) is 29.0 Å². The molecule has 9 aromatic rings. The average molecular weight is 668 g/mol. The van der Waals surface area contributed by atoms with Gasteiger partial charge in [-0.3, -0.25) is 0 Å². The Bertz CT molecular complexity index is 2670. The van der Waals surface area contributed by atoms with Crippen molar-refractivity contribution in [2.45, 2.75) is 25.2 Å². The van der Waals surface area contributed by atoms with Crippen LogP contribution < -0.4 is 4.90 Å². The molecule has 0 saturated heterocycles. The van der Waals surface area contributed by atoms with Gasteiger partial charge in [-0.1, -0.05) is 127 Å². The van der Waals surface area contributed by atoms with Gasteiger partial charge in [0, 0.05) is 33.4 Å². The van der Waals surface area contributed by atoms with Crippen molar-refractivity contribution in [1.29, 1.82) is 0 Å². The zero-order valence-electron chi connectivity index (χ0n) is 28.9. The van der Waals surface area contributed by atoms with Gasteiger partial charge in [0.15, 0.2) is 0 Å². The van der Waals surface area contributed by atoms with E-state index in [1.54, 1.807) is 0 Å². The molecule has 0 fully saturated rings. The van der Waals surface area contributed by atoms with Gasteiger partial charge in [0.25, 0.3) is 0 Å². The van der Waals surface area contributed by atoms with E-state index in [-0.39, 0.29) is 0 Å². The summed E-state index contributed by atoms with van der Waals surface area (Å²) >= 11 is 0. The van der Waals surface area contributed by atoms with Gasteiger partial charge in [0.2, 0.25) is 0 Å². The van der Waals surface area contributed by atoms with Crippen LogP contribution >= 0.6 is 0 Å². The quantitative estimate of drug-likeness (QED) is 0.175. The van der Waals surface area contributed by atoms with Crippen LogP contribution in [0.15, 0.2) is 186 Å². The molecule has 2 nitrogen and oxygen atoms in total. The number of anilines is 3. The van der Waals surface area contributed by atoms with E-state index in [9.17, 15) is 0 Å². The fourth-order valence-corrected chi connectivity index (χ4v) is 8.52. The number of para-hydroxylation sites is 3. The van der Waals surface area contributed by atoms with Crippen molar-refractivity contribution in [2.24, 2.45) is 0 Å². The first kappa shape index (κ1) is 30.4. The van der Waals surface area contributed by atoms with Crippen molar-refractivity contribution >= 4 is 49.8 Å². The molecule has 10 rings (SSSR count). The Kier molecular flexibility index (Phi) is 7.46. The highest BCUT2D eigenvalue weighted by Gasteiger charge is 2.28. The first-order valence-electron chi connectivity index (χ1n) is 18.3. The second-order valence-electron chi connectivity index (χ2n) is 14.0. The molecule has 1 heterocycles. The minimum Gasteiger partial charge on any atom is -0.456 e. The molecule has 0 radical (unpaired) electrons. The van der Waals surface area contributed by atoms with Gasteiger partial charge in [-0.15, -0.1) is 0 Å². The van der Waals surface area contributed by atoms with E-state index in [1.807, 2.05) is 0 Å². The normalized spacial score (nSPS) is 13.9. The lowest BCUT2D eigenvalue weighted by Crippen LogP contribution is -2.10. The zero-order chi connectivity index (χ0) is 34.4. The number of benzene rings is 8. The van der Waals surface area contributed by atoms with Crippen LogP contribution in [0.4, 0.5) is 17.1 Å². The van der Waals surface area contributed by atoms with E-state index < -0.39 is 0 Å². The van der Waals surface area contributed by atoms with Crippen LogP contribution in [0.25, 0.3) is 55.0 Å². The minimum absolute atomic E-state index is 0.376. The lowest BCUT2D eigenvalue weighted by molar-refractivity contribution is 0.627. The fourth-order valence-electron chi connectivity index (χ4n) is 8.52. The molecular weight excluding hydrogens is 631 g/mol. The SMILES string of the molecule is c1ccc(N(c2ccccc2)c2ccc(CC3CCc4cc5oc6ccccc6c5c(-c5ccc6ccccc6c5)c4-c4ccccc43)cc2)cc1. The molecule has 248 valence electrons. The van der Waals surface area contributed by atoms with Gasteiger partial charge in [0.1, 0.15) is 11.2 Å². The molecule has 1 aliphatic rings. The van der Waals surface area contributed by atoms with Crippen LogP contribution in [-0.4, -0.2) is 0 Å². The third kappa shape index (κ3) is 5.27. The van der Waals surface area contributed by atoms with Gasteiger partial charge in [-0.25, -0.2) is 0 Å². The molecule has 0 N–H and O–H groups in total. The summed E-state index contributed by atoms with van der Waals surface area (Å²) in [5.74, 6) is 0.376. The van der Waals surface area contributed by atoms with Crippen molar-refractivity contribution < 1.29 is 4.42 Å². The van der Waals surface area contributed by atoms with E-state index in [0.29, 0.717) is 5.92 Å². The molecule has 1 unspecified atom stereocenters. The Balaban J connectivity index is 1.08. The Labute approximate surface area is 304 Å². The fraction of sp³-hybridized carbons (Fsp3) is 0.0800. The largest absolute Gasteiger partial charge is 0.456 e. The van der Waals surface area contributed by atoms with Crippen LogP contribution in [-0.2, 0) is 12.8 Å². The second kappa shape index (κ2) is 12.7. The lowest BCUT2D eigenvalue weighted by Gasteiger charge is -2.26. The molecule has 2 heteroatoms. The maximum atomic E-state index is 6.61. The summed E-state index contributed by atoms with van der Waals surface area (Å²) in [5.41, 5.74) is 14.7. The predicted octanol–water partition coefficient (Wildman–Crippen LogP) is 13.8. The standard InChI is InChI=1S/C50H37NO/c1-3-15-40(16-4-1)51(41-17-5-2-6-18-41)42-29-23-34(24-30-42)31-37-26-28-39-33-47-50(45-21-11-12-22-46(45)52-47)49(48(39)44-20-10-9-19-43(37)44)38-27-25-35-13-7-8-14-36(35)32-38/h1-25,27,29-30,32-33,37H,26,28,31H2. The molecule has 1 aromatic heterocycles. The van der Waals surface area contributed by atoms with E-state index in [1.165, 1.54) is 60.5 Å². The maximum absolute atomic E-state index is 6.61. The first-order chi connectivity index (χ1) is 25.8. The third-order valence-corrected chi connectivity index (χ3v) is 10.9. The predicted molar refractivity (Wildman–Crippen MR) is 218 cm³/mol. The highest BCUT2D eigenvalue weighted by Crippen LogP contribution is 2.49. The molecule has 1 aliphatic carbocycles. The molecule has 52 heavy (non-hydrogen) atoms. The first-order valence-corrected chi connectivity index (χ1v) is 18.3. The number of furan rings is 1. The zero-order valence-corrected chi connectivity index (χ0v) is 28.9. The summed E-state index contributed by atoms with van der Waals surface area (Å²) < 4.78 is 6.61. The number of aryl methyl sites for hydroxylation is 1. The van der Waals surface area contributed by atoms with Gasteiger partial charge in [0.05, 0.1) is 0 Å². The summed E-state index contributed by atoms with van der Waals surface area (Å²) in [6.07, 6.45) is 3.03. The number of nitrogens with zero attached hydrogens (tertiary/aromatic N) is 1. The van der Waals surface area contributed by atoms with Gasteiger partial charge < -0.3 is 9.32 Å². The number of fused-ring (bicyclic) bond motifs is 7. The highest BCUT2D eigenvalue weighted by molar-refractivity contribution is 6.17. The Morgan fingerprint density at radius 3 is 1.96 bits per heavy atom. The number of hydrogen-bond acceptors (Lipinski definition) is 2. The van der Waals surface area contributed by atoms with Gasteiger partial charge in [-0.2, -0.15) is 0 Å². The highest BCUT2D eigenvalue weighted by atomic mass is 16.3. The Morgan fingerprint density at radius 2 is 1.17 bits per heavy atom. The number of rotatable bonds is 6. The molecule has 0 aliphatic heterocycles. The van der Waals surface area contributed by atoms with Crippen LogP contribution in [0.2, 0.25) is 0 Å². The van der Waals surface area contributed by atoms with Crippen LogP contribution in [0.3, 0.4) is 0 Å². The Morgan fingerprint density at radius 1 is 0.519 bits per heavy atom. The van der Waals surface area contributed by atoms with Crippen molar-refractivity contribution in [3.05, 3.63) is 199 Å². The average Bonchev–Trinajstić information content (AvgIpc) is 3.51. The van der Waals surface area contributed by atoms with Crippen molar-refractivity contribution in [3.63, 3.8) is 0 Å². The third-order valence-electron chi connectivity index (χ3n) is 10.9. The summed E-state index contributed by atoms with van der Waals surface area (Å²) in [6, 6.07) is 66.1. The van der Waals surface area contributed by atoms with E-state index in [4.69, 9.17) is 4.42 Å². The van der Waals surface area contributed by atoms with Crippen molar-refractivity contribution in [2.75, 3.05) is 4.90 Å². The summed E-state index contributed by atoms with van der Waals surface area (Å²) in [7, 11) is 0. The van der Waals surface area contributed by atoms with Crippen molar-refractivity contribution in [3.8, 4) is 22.3 Å². The summed E-state index contributed by atoms with van der Waals surface area (Å²) in [6.45, 7) is 0. The Hall–Kier alpha value is -6.38. The van der Waals surface area contributed by atoms with E-state index >= 15 is 0 Å². The lowest BCUT2D eigenvalue weighted by atomic mass is 9.83. The van der Waals surface area contributed by atoms with Gasteiger partial charge in [-0.05, 0) is 124 Å². The molecular formula is C50H37NO. The van der Waals surface area contributed by atoms with E-state index in [2.05, 4.69) is 187 Å². The molecule has 0 amide bonds. The molecule has 0 bridgehead atoms. The maximum Gasteiger partial charge on any atom is 0.136 e. The molecule has 1 atom stereocenters. The second-order valence-corrected chi connectivity index (χ2v) is 14.0. The molecule has 8 aromatic carbocycles. The van der Waals surface area contributed by atoms with Crippen molar-refractivity contribution in [1.82, 2.24) is 0 Å². The van der Waals surface area contributed by atoms with Crippen LogP contribution in [0.5, 0.6) is 0 Å². The van der Waals surface area contributed by atoms with Gasteiger partial charge >= 0.3 is 0 Å². The smallest absolute Gasteiger partial charge is 0.136 e. The summed E-state index contributed by atoms with van der Waals surface area (Å²) in [4.78, 5) is 2.33. The molecule has 0 spiro atoms.